The van der Waals surface area contributed by atoms with Crippen LogP contribution in [-0.2, 0) is 4.79 Å². The van der Waals surface area contributed by atoms with E-state index in [2.05, 4.69) is 4.98 Å². The third kappa shape index (κ3) is 1.94. The van der Waals surface area contributed by atoms with E-state index < -0.39 is 22.2 Å². The molecule has 0 bridgehead atoms. The van der Waals surface area contributed by atoms with E-state index in [0.29, 0.717) is 22.2 Å². The second-order valence-electron chi connectivity index (χ2n) is 6.61. The third-order valence-electron chi connectivity index (χ3n) is 5.44. The van der Waals surface area contributed by atoms with Crippen LogP contribution in [0.25, 0.3) is 10.9 Å². The van der Waals surface area contributed by atoms with Gasteiger partial charge >= 0.3 is 6.18 Å². The summed E-state index contributed by atoms with van der Waals surface area (Å²) >= 11 is 5.56. The molecule has 1 aliphatic carbocycles. The first kappa shape index (κ1) is 16.2. The maximum atomic E-state index is 13.6. The van der Waals surface area contributed by atoms with Crippen LogP contribution in [0.3, 0.4) is 0 Å². The van der Waals surface area contributed by atoms with E-state index in [1.165, 1.54) is 17.2 Å². The Balaban J connectivity index is 1.83. The van der Waals surface area contributed by atoms with Gasteiger partial charge in [-0.25, -0.2) is 0 Å². The maximum Gasteiger partial charge on any atom is 0.397 e. The van der Waals surface area contributed by atoms with E-state index in [4.69, 9.17) is 11.6 Å². The molecule has 1 aliphatic heterocycles. The lowest BCUT2D eigenvalue weighted by Gasteiger charge is -2.25. The second kappa shape index (κ2) is 4.85. The number of nitriles is 1. The zero-order chi connectivity index (χ0) is 18.0. The summed E-state index contributed by atoms with van der Waals surface area (Å²) in [7, 11) is 0. The van der Waals surface area contributed by atoms with Crippen LogP contribution >= 0.6 is 11.6 Å². The number of anilines is 1. The number of carbonyl (C=O) groups excluding carboxylic acids is 1. The summed E-state index contributed by atoms with van der Waals surface area (Å²) in [6.07, 6.45) is -3.25. The molecule has 2 aromatic rings. The molecule has 128 valence electrons. The molecule has 1 saturated heterocycles. The van der Waals surface area contributed by atoms with Gasteiger partial charge in [-0.3, -0.25) is 9.78 Å². The summed E-state index contributed by atoms with van der Waals surface area (Å²) in [4.78, 5) is 17.5. The fourth-order valence-corrected chi connectivity index (χ4v) is 4.38. The summed E-state index contributed by atoms with van der Waals surface area (Å²) in [6, 6.07) is 8.52. The van der Waals surface area contributed by atoms with Crippen LogP contribution in [0.2, 0.25) is 0 Å². The highest BCUT2D eigenvalue weighted by Crippen LogP contribution is 2.75. The highest BCUT2D eigenvalue weighted by molar-refractivity contribution is 6.65. The van der Waals surface area contributed by atoms with Crippen LogP contribution in [0.4, 0.5) is 18.9 Å². The van der Waals surface area contributed by atoms with Gasteiger partial charge < -0.3 is 4.90 Å². The van der Waals surface area contributed by atoms with Crippen molar-refractivity contribution in [3.8, 4) is 6.07 Å². The summed E-state index contributed by atoms with van der Waals surface area (Å²) in [5, 5.41) is 8.83. The van der Waals surface area contributed by atoms with Crippen molar-refractivity contribution < 1.29 is 18.0 Å². The molecule has 2 unspecified atom stereocenters. The van der Waals surface area contributed by atoms with E-state index in [-0.39, 0.29) is 19.5 Å². The number of alkyl halides is 3. The number of benzene rings is 1. The minimum absolute atomic E-state index is 0.0925. The molecule has 2 atom stereocenters. The fraction of sp³-hybridized carbons (Fsp3) is 0.353. The Bertz CT molecular complexity index is 954. The quantitative estimate of drug-likeness (QED) is 0.763. The van der Waals surface area contributed by atoms with Crippen molar-refractivity contribution >= 4 is 33.4 Å². The van der Waals surface area contributed by atoms with Crippen LogP contribution in [0.5, 0.6) is 0 Å². The summed E-state index contributed by atoms with van der Waals surface area (Å²) in [5.41, 5.74) is -2.39. The lowest BCUT2D eigenvalue weighted by molar-refractivity contribution is -0.190. The predicted octanol–water partition coefficient (Wildman–Crippen LogP) is 3.63. The van der Waals surface area contributed by atoms with Gasteiger partial charge in [-0.1, -0.05) is 0 Å². The van der Waals surface area contributed by atoms with Gasteiger partial charge in [0.15, 0.2) is 0 Å². The number of piperidine rings is 1. The van der Waals surface area contributed by atoms with Crippen LogP contribution in [0, 0.1) is 22.2 Å². The van der Waals surface area contributed by atoms with E-state index >= 15 is 0 Å². The molecule has 0 amide bonds. The van der Waals surface area contributed by atoms with Gasteiger partial charge in [-0.2, -0.15) is 18.4 Å². The Labute approximate surface area is 145 Å². The molecule has 1 saturated carbocycles. The Morgan fingerprint density at radius 3 is 2.68 bits per heavy atom. The zero-order valence-corrected chi connectivity index (χ0v) is 13.5. The van der Waals surface area contributed by atoms with E-state index in [1.807, 2.05) is 6.07 Å². The number of pyridine rings is 1. The number of carbonyl (C=O) groups is 1. The van der Waals surface area contributed by atoms with Crippen molar-refractivity contribution in [2.45, 2.75) is 12.6 Å². The SMILES string of the molecule is N#Cc1ccc(N2CC3(C(=O)Cl)CC3(C(F)(F)F)C2)c2cccnc12. The third-order valence-corrected chi connectivity index (χ3v) is 5.80. The average molecular weight is 366 g/mol. The second-order valence-corrected chi connectivity index (χ2v) is 6.96. The maximum absolute atomic E-state index is 13.6. The Hall–Kier alpha value is -2.33. The topological polar surface area (TPSA) is 57.0 Å². The van der Waals surface area contributed by atoms with Gasteiger partial charge in [0, 0.05) is 30.4 Å². The highest BCUT2D eigenvalue weighted by Gasteiger charge is 2.86. The lowest BCUT2D eigenvalue weighted by Crippen LogP contribution is -2.34. The van der Waals surface area contributed by atoms with Crippen LogP contribution in [0.15, 0.2) is 30.5 Å². The average Bonchev–Trinajstić information content (AvgIpc) is 3.12. The van der Waals surface area contributed by atoms with E-state index in [9.17, 15) is 23.2 Å². The predicted molar refractivity (Wildman–Crippen MR) is 85.1 cm³/mol. The van der Waals surface area contributed by atoms with Crippen molar-refractivity contribution in [1.29, 1.82) is 5.26 Å². The van der Waals surface area contributed by atoms with Gasteiger partial charge in [-0.15, -0.1) is 0 Å². The Kier molecular flexibility index (Phi) is 3.14. The molecule has 25 heavy (non-hydrogen) atoms. The summed E-state index contributed by atoms with van der Waals surface area (Å²) in [5.74, 6) is 0. The van der Waals surface area contributed by atoms with Crippen molar-refractivity contribution in [3.05, 3.63) is 36.0 Å². The molecule has 8 heteroatoms. The summed E-state index contributed by atoms with van der Waals surface area (Å²) in [6.45, 7) is -0.421. The van der Waals surface area contributed by atoms with Gasteiger partial charge in [0.2, 0.25) is 5.24 Å². The minimum atomic E-state index is -4.51. The van der Waals surface area contributed by atoms with Crippen molar-refractivity contribution in [3.63, 3.8) is 0 Å². The Morgan fingerprint density at radius 1 is 1.32 bits per heavy atom. The molecule has 2 aliphatic rings. The zero-order valence-electron chi connectivity index (χ0n) is 12.8. The number of fused-ring (bicyclic) bond motifs is 2. The number of hydrogen-bond donors (Lipinski definition) is 0. The smallest absolute Gasteiger partial charge is 0.369 e. The number of aromatic nitrogens is 1. The van der Waals surface area contributed by atoms with E-state index in [1.54, 1.807) is 18.2 Å². The Morgan fingerprint density at radius 2 is 2.08 bits per heavy atom. The molecule has 1 aromatic carbocycles. The molecule has 2 heterocycles. The van der Waals surface area contributed by atoms with Crippen molar-refractivity contribution in [2.24, 2.45) is 10.8 Å². The van der Waals surface area contributed by atoms with E-state index in [0.717, 1.165) is 0 Å². The first-order valence-electron chi connectivity index (χ1n) is 7.55. The number of rotatable bonds is 2. The fourth-order valence-electron chi connectivity index (χ4n) is 4.07. The molecular formula is C17H11ClF3N3O. The minimum Gasteiger partial charge on any atom is -0.369 e. The molecule has 0 spiro atoms. The molecule has 0 radical (unpaired) electrons. The largest absolute Gasteiger partial charge is 0.397 e. The number of halogens is 4. The monoisotopic (exact) mass is 365 g/mol. The van der Waals surface area contributed by atoms with Gasteiger partial charge in [0.25, 0.3) is 0 Å². The number of nitrogens with zero attached hydrogens (tertiary/aromatic N) is 3. The van der Waals surface area contributed by atoms with Crippen molar-refractivity contribution in [1.82, 2.24) is 4.98 Å². The molecule has 4 nitrogen and oxygen atoms in total. The van der Waals surface area contributed by atoms with Crippen LogP contribution < -0.4 is 4.90 Å². The molecule has 2 fully saturated rings. The molecule has 0 N–H and O–H groups in total. The normalized spacial score (nSPS) is 27.9. The number of hydrogen-bond acceptors (Lipinski definition) is 4. The highest BCUT2D eigenvalue weighted by atomic mass is 35.5. The first-order chi connectivity index (χ1) is 11.8. The van der Waals surface area contributed by atoms with Gasteiger partial charge in [0.05, 0.1) is 16.5 Å². The lowest BCUT2D eigenvalue weighted by atomic mass is 9.97. The van der Waals surface area contributed by atoms with Crippen LogP contribution in [0.1, 0.15) is 12.0 Å². The molecule has 4 rings (SSSR count). The molecular weight excluding hydrogens is 355 g/mol. The van der Waals surface area contributed by atoms with Gasteiger partial charge in [0.1, 0.15) is 11.5 Å². The van der Waals surface area contributed by atoms with Gasteiger partial charge in [-0.05, 0) is 42.3 Å². The molecule has 1 aromatic heterocycles. The first-order valence-corrected chi connectivity index (χ1v) is 7.93. The van der Waals surface area contributed by atoms with Crippen molar-refractivity contribution in [2.75, 3.05) is 18.0 Å². The summed E-state index contributed by atoms with van der Waals surface area (Å²) < 4.78 is 40.9. The van der Waals surface area contributed by atoms with Crippen LogP contribution in [-0.4, -0.2) is 29.5 Å². The standard InChI is InChI=1S/C17H11ClF3N3O/c18-14(25)15-7-16(15,17(19,20)21)9-24(8-15)12-4-3-10(6-22)13-11(12)2-1-5-23-13/h1-5H,7-9H2.